The summed E-state index contributed by atoms with van der Waals surface area (Å²) in [5.74, 6) is -1.45. The van der Waals surface area contributed by atoms with Gasteiger partial charge in [0.05, 0.1) is 24.0 Å². The lowest BCUT2D eigenvalue weighted by atomic mass is 9.84. The molecule has 11 heteroatoms. The molecule has 3 heterocycles. The summed E-state index contributed by atoms with van der Waals surface area (Å²) in [7, 11) is 0. The van der Waals surface area contributed by atoms with Crippen LogP contribution in [0, 0.1) is 11.8 Å². The molecule has 0 aliphatic carbocycles. The number of amides is 4. The highest BCUT2D eigenvalue weighted by atomic mass is 32.1. The number of carbonyl (C=O) groups is 5. The van der Waals surface area contributed by atoms with Crippen LogP contribution in [-0.4, -0.2) is 53.3 Å². The van der Waals surface area contributed by atoms with Gasteiger partial charge in [-0.3, -0.25) is 19.2 Å². The zero-order valence-corrected chi connectivity index (χ0v) is 28.2. The second-order valence-electron chi connectivity index (χ2n) is 14.0. The third kappa shape index (κ3) is 8.51. The van der Waals surface area contributed by atoms with Gasteiger partial charge < -0.3 is 25.2 Å². The number of rotatable bonds is 11. The van der Waals surface area contributed by atoms with E-state index in [0.29, 0.717) is 32.4 Å². The van der Waals surface area contributed by atoms with Crippen LogP contribution >= 0.6 is 11.3 Å². The quantitative estimate of drug-likeness (QED) is 0.341. The number of hydrogen-bond acceptors (Lipinski definition) is 7. The van der Waals surface area contributed by atoms with Gasteiger partial charge >= 0.3 is 6.09 Å². The largest absolute Gasteiger partial charge is 0.444 e. The topological polar surface area (TPSA) is 125 Å². The highest BCUT2D eigenvalue weighted by molar-refractivity contribution is 7.07. The lowest BCUT2D eigenvalue weighted by molar-refractivity contribution is -0.133. The maximum absolute atomic E-state index is 14.2. The Labute approximate surface area is 269 Å². The lowest BCUT2D eigenvalue weighted by Crippen LogP contribution is -2.58. The maximum atomic E-state index is 14.2. The van der Waals surface area contributed by atoms with E-state index in [1.165, 1.54) is 0 Å². The number of ketones is 1. The van der Waals surface area contributed by atoms with Gasteiger partial charge in [-0.15, -0.1) is 0 Å². The number of para-hydroxylation sites is 1. The number of ether oxygens (including phenoxy) is 1. The average Bonchev–Trinajstić information content (AvgIpc) is 3.60. The number of nitrogens with one attached hydrogen (secondary N) is 2. The third-order valence-corrected chi connectivity index (χ3v) is 8.70. The second-order valence-corrected chi connectivity index (χ2v) is 14.7. The van der Waals surface area contributed by atoms with E-state index in [1.807, 2.05) is 48.9 Å². The Bertz CT molecular complexity index is 1430. The molecule has 2 aliphatic rings. The molecule has 0 bridgehead atoms. The molecule has 2 aliphatic heterocycles. The van der Waals surface area contributed by atoms with Crippen molar-refractivity contribution in [3.05, 3.63) is 46.2 Å². The molecular weight excluding hydrogens is 592 g/mol. The molecule has 1 aromatic heterocycles. The molecule has 244 valence electrons. The molecule has 45 heavy (non-hydrogen) atoms. The Kier molecular flexibility index (Phi) is 10.4. The predicted molar refractivity (Wildman–Crippen MR) is 175 cm³/mol. The van der Waals surface area contributed by atoms with E-state index >= 15 is 0 Å². The standard InChI is InChI=1S/C34H46N4O6S/c1-21(2)16-25(35-31(42)34(6,7)36-32(43)44-33(3,4)5)27(39)18-24-17-23-10-8-11-26(37-14-9-12-28(37)40)29(23)38(30(24)41)19-22-13-15-45-20-22/h8,10-11,13,15,20-21,24-25H,9,12,14,16-19H2,1-7H3,(H,35,42)(H,36,43)/t24?,25-/m1/s1. The fourth-order valence-electron chi connectivity index (χ4n) is 5.82. The number of anilines is 2. The van der Waals surface area contributed by atoms with Crippen LogP contribution in [0.2, 0.25) is 0 Å². The molecule has 4 rings (SSSR count). The molecule has 1 saturated heterocycles. The normalized spacial score (nSPS) is 17.7. The summed E-state index contributed by atoms with van der Waals surface area (Å²) in [5, 5.41) is 9.40. The van der Waals surface area contributed by atoms with Gasteiger partial charge in [0.2, 0.25) is 17.7 Å². The summed E-state index contributed by atoms with van der Waals surface area (Å²) < 4.78 is 5.32. The van der Waals surface area contributed by atoms with Crippen molar-refractivity contribution in [3.8, 4) is 0 Å². The molecule has 1 fully saturated rings. The number of thiophene rings is 1. The van der Waals surface area contributed by atoms with Gasteiger partial charge in [0.25, 0.3) is 0 Å². The number of Topliss-reactive ketones (excluding diaryl/α,β-unsaturated/α-hetero) is 1. The first kappa shape index (κ1) is 34.1. The number of fused-ring (bicyclic) bond motifs is 1. The Balaban J connectivity index is 1.57. The molecule has 2 N–H and O–H groups in total. The highest BCUT2D eigenvalue weighted by Crippen LogP contribution is 2.42. The van der Waals surface area contributed by atoms with E-state index in [4.69, 9.17) is 4.74 Å². The minimum atomic E-state index is -1.35. The molecule has 0 saturated carbocycles. The van der Waals surface area contributed by atoms with Crippen LogP contribution in [0.15, 0.2) is 35.0 Å². The van der Waals surface area contributed by atoms with Crippen molar-refractivity contribution in [2.45, 2.75) is 104 Å². The van der Waals surface area contributed by atoms with Crippen molar-refractivity contribution in [3.63, 3.8) is 0 Å². The van der Waals surface area contributed by atoms with Gasteiger partial charge in [0.15, 0.2) is 5.78 Å². The van der Waals surface area contributed by atoms with E-state index < -0.39 is 35.1 Å². The van der Waals surface area contributed by atoms with Crippen molar-refractivity contribution < 1.29 is 28.7 Å². The first-order chi connectivity index (χ1) is 21.1. The Morgan fingerprint density at radius 2 is 1.82 bits per heavy atom. The van der Waals surface area contributed by atoms with Gasteiger partial charge in [-0.2, -0.15) is 11.3 Å². The van der Waals surface area contributed by atoms with Crippen molar-refractivity contribution in [2.24, 2.45) is 11.8 Å². The number of alkyl carbamates (subject to hydrolysis) is 1. The van der Waals surface area contributed by atoms with Crippen LogP contribution < -0.4 is 20.4 Å². The van der Waals surface area contributed by atoms with Crippen molar-refractivity contribution in [2.75, 3.05) is 16.3 Å². The van der Waals surface area contributed by atoms with Gasteiger partial charge in [0, 0.05) is 25.3 Å². The van der Waals surface area contributed by atoms with E-state index in [1.54, 1.807) is 55.8 Å². The molecule has 10 nitrogen and oxygen atoms in total. The Morgan fingerprint density at radius 3 is 2.42 bits per heavy atom. The molecular formula is C34H46N4O6S. The monoisotopic (exact) mass is 638 g/mol. The van der Waals surface area contributed by atoms with Crippen molar-refractivity contribution in [1.82, 2.24) is 10.6 Å². The smallest absolute Gasteiger partial charge is 0.408 e. The number of nitrogens with zero attached hydrogens (tertiary/aromatic N) is 2. The number of benzene rings is 1. The fraction of sp³-hybridized carbons (Fsp3) is 0.559. The van der Waals surface area contributed by atoms with Crippen LogP contribution in [0.1, 0.15) is 85.3 Å². The molecule has 2 atom stereocenters. The van der Waals surface area contributed by atoms with E-state index in [2.05, 4.69) is 10.6 Å². The van der Waals surface area contributed by atoms with Crippen molar-refractivity contribution in [1.29, 1.82) is 0 Å². The first-order valence-electron chi connectivity index (χ1n) is 15.6. The minimum absolute atomic E-state index is 0.0417. The molecule has 1 aromatic carbocycles. The van der Waals surface area contributed by atoms with E-state index in [9.17, 15) is 24.0 Å². The highest BCUT2D eigenvalue weighted by Gasteiger charge is 2.40. The molecule has 1 unspecified atom stereocenters. The summed E-state index contributed by atoms with van der Waals surface area (Å²) in [6.45, 7) is 13.2. The fourth-order valence-corrected chi connectivity index (χ4v) is 6.48. The Morgan fingerprint density at radius 1 is 1.09 bits per heavy atom. The van der Waals surface area contributed by atoms with Gasteiger partial charge in [-0.1, -0.05) is 26.0 Å². The number of hydrogen-bond donors (Lipinski definition) is 2. The average molecular weight is 639 g/mol. The van der Waals surface area contributed by atoms with Crippen molar-refractivity contribution >= 4 is 52.3 Å². The molecule has 0 radical (unpaired) electrons. The van der Waals surface area contributed by atoms with Gasteiger partial charge in [0.1, 0.15) is 11.1 Å². The van der Waals surface area contributed by atoms with Crippen LogP contribution in [0.3, 0.4) is 0 Å². The van der Waals surface area contributed by atoms with Crippen LogP contribution in [0.4, 0.5) is 16.2 Å². The summed E-state index contributed by atoms with van der Waals surface area (Å²) in [5.41, 5.74) is 1.26. The Hall–Kier alpha value is -3.73. The third-order valence-electron chi connectivity index (χ3n) is 7.96. The summed E-state index contributed by atoms with van der Waals surface area (Å²) in [4.78, 5) is 70.0. The molecule has 4 amide bonds. The van der Waals surface area contributed by atoms with Crippen LogP contribution in [-0.2, 0) is 36.9 Å². The summed E-state index contributed by atoms with van der Waals surface area (Å²) in [6.07, 6.45) is 1.19. The zero-order valence-electron chi connectivity index (χ0n) is 27.4. The number of carbonyl (C=O) groups excluding carboxylic acids is 5. The van der Waals surface area contributed by atoms with Gasteiger partial charge in [-0.25, -0.2) is 4.79 Å². The first-order valence-corrected chi connectivity index (χ1v) is 16.6. The minimum Gasteiger partial charge on any atom is -0.444 e. The molecule has 0 spiro atoms. The zero-order chi connectivity index (χ0) is 33.1. The predicted octanol–water partition coefficient (Wildman–Crippen LogP) is 5.37. The lowest BCUT2D eigenvalue weighted by Gasteiger charge is -2.37. The summed E-state index contributed by atoms with van der Waals surface area (Å²) >= 11 is 1.54. The summed E-state index contributed by atoms with van der Waals surface area (Å²) in [6, 6.07) is 6.88. The van der Waals surface area contributed by atoms with E-state index in [-0.39, 0.29) is 29.9 Å². The van der Waals surface area contributed by atoms with Crippen LogP contribution in [0.5, 0.6) is 0 Å². The molecule has 2 aromatic rings. The van der Waals surface area contributed by atoms with E-state index in [0.717, 1.165) is 28.9 Å². The van der Waals surface area contributed by atoms with Crippen LogP contribution in [0.25, 0.3) is 0 Å². The SMILES string of the molecule is CC(C)C[C@@H](NC(=O)C(C)(C)NC(=O)OC(C)(C)C)C(=O)CC1Cc2cccc(N3CCCC3=O)c2N(Cc2ccsc2)C1=O. The maximum Gasteiger partial charge on any atom is 0.408 e. The second kappa shape index (κ2) is 13.7. The van der Waals surface area contributed by atoms with Gasteiger partial charge in [-0.05, 0) is 93.8 Å².